The van der Waals surface area contributed by atoms with Crippen molar-refractivity contribution < 1.29 is 14.9 Å². The maximum atomic E-state index is 9.85. The molecular formula is C16H26ClNO3. The van der Waals surface area contributed by atoms with E-state index in [9.17, 15) is 5.11 Å². The summed E-state index contributed by atoms with van der Waals surface area (Å²) < 4.78 is 5.48. The van der Waals surface area contributed by atoms with Crippen LogP contribution in [0.25, 0.3) is 0 Å². The molecule has 1 aromatic carbocycles. The molecule has 0 radical (unpaired) electrons. The molecule has 0 bridgehead atoms. The van der Waals surface area contributed by atoms with Crippen LogP contribution in [-0.2, 0) is 11.3 Å². The second kappa shape index (κ2) is 9.38. The molecule has 0 amide bonds. The van der Waals surface area contributed by atoms with Gasteiger partial charge in [0.1, 0.15) is 0 Å². The summed E-state index contributed by atoms with van der Waals surface area (Å²) in [6.07, 6.45) is 0.177. The molecule has 3 N–H and O–H groups in total. The largest absolute Gasteiger partial charge is 0.396 e. The quantitative estimate of drug-likeness (QED) is 0.619. The van der Waals surface area contributed by atoms with Gasteiger partial charge in [-0.1, -0.05) is 43.6 Å². The Balaban J connectivity index is 2.17. The summed E-state index contributed by atoms with van der Waals surface area (Å²) in [5, 5.41) is 22.7. The molecule has 0 aliphatic carbocycles. The van der Waals surface area contributed by atoms with Crippen molar-refractivity contribution in [1.29, 1.82) is 0 Å². The van der Waals surface area contributed by atoms with E-state index in [1.165, 1.54) is 0 Å². The second-order valence-electron chi connectivity index (χ2n) is 6.03. The lowest BCUT2D eigenvalue weighted by Gasteiger charge is -2.24. The van der Waals surface area contributed by atoms with Crippen LogP contribution < -0.4 is 5.32 Å². The molecule has 120 valence electrons. The van der Waals surface area contributed by atoms with Gasteiger partial charge < -0.3 is 20.3 Å². The molecule has 1 rings (SSSR count). The van der Waals surface area contributed by atoms with Gasteiger partial charge in [0.15, 0.2) is 0 Å². The van der Waals surface area contributed by atoms with E-state index < -0.39 is 6.10 Å². The first-order chi connectivity index (χ1) is 9.94. The first-order valence-corrected chi connectivity index (χ1v) is 7.63. The van der Waals surface area contributed by atoms with Gasteiger partial charge in [0.2, 0.25) is 0 Å². The van der Waals surface area contributed by atoms with E-state index in [1.807, 2.05) is 24.3 Å². The number of ether oxygens (including phenoxy) is 1. The zero-order valence-electron chi connectivity index (χ0n) is 12.8. The van der Waals surface area contributed by atoms with Gasteiger partial charge in [-0.2, -0.15) is 0 Å². The molecule has 0 spiro atoms. The van der Waals surface area contributed by atoms with E-state index in [1.54, 1.807) is 0 Å². The van der Waals surface area contributed by atoms with Crippen molar-refractivity contribution in [3.05, 3.63) is 34.9 Å². The van der Waals surface area contributed by atoms with Gasteiger partial charge in [-0.25, -0.2) is 0 Å². The molecular weight excluding hydrogens is 290 g/mol. The lowest BCUT2D eigenvalue weighted by molar-refractivity contribution is 0.0276. The molecule has 5 heteroatoms. The Kier molecular flexibility index (Phi) is 8.22. The third-order valence-corrected chi connectivity index (χ3v) is 3.67. The zero-order valence-corrected chi connectivity index (χ0v) is 13.6. The van der Waals surface area contributed by atoms with Crippen LogP contribution in [0.15, 0.2) is 24.3 Å². The minimum absolute atomic E-state index is 0.0207. The van der Waals surface area contributed by atoms with Crippen LogP contribution >= 0.6 is 11.6 Å². The summed E-state index contributed by atoms with van der Waals surface area (Å²) in [6, 6.07) is 7.51. The normalized spacial score (nSPS) is 13.4. The molecule has 1 unspecified atom stereocenters. The number of rotatable bonds is 10. The van der Waals surface area contributed by atoms with Gasteiger partial charge in [-0.15, -0.1) is 0 Å². The van der Waals surface area contributed by atoms with Crippen molar-refractivity contribution >= 4 is 11.6 Å². The maximum absolute atomic E-state index is 9.85. The van der Waals surface area contributed by atoms with E-state index >= 15 is 0 Å². The van der Waals surface area contributed by atoms with Crippen LogP contribution in [0.3, 0.4) is 0 Å². The van der Waals surface area contributed by atoms with Crippen molar-refractivity contribution in [2.24, 2.45) is 5.41 Å². The summed E-state index contributed by atoms with van der Waals surface area (Å²) in [7, 11) is 0. The minimum atomic E-state index is -0.558. The first-order valence-electron chi connectivity index (χ1n) is 7.25. The topological polar surface area (TPSA) is 61.7 Å². The summed E-state index contributed by atoms with van der Waals surface area (Å²) in [4.78, 5) is 0. The number of halogens is 1. The summed E-state index contributed by atoms with van der Waals surface area (Å²) >= 11 is 6.03. The minimum Gasteiger partial charge on any atom is -0.396 e. The van der Waals surface area contributed by atoms with E-state index in [-0.39, 0.29) is 18.6 Å². The molecule has 0 fully saturated rings. The Morgan fingerprint density at radius 2 is 2.05 bits per heavy atom. The number of benzene rings is 1. The summed E-state index contributed by atoms with van der Waals surface area (Å²) in [5.41, 5.74) is 0.941. The molecule has 0 saturated carbocycles. The van der Waals surface area contributed by atoms with Crippen molar-refractivity contribution in [3.8, 4) is 0 Å². The van der Waals surface area contributed by atoms with E-state index in [0.29, 0.717) is 18.2 Å². The molecule has 1 aromatic rings. The van der Waals surface area contributed by atoms with Gasteiger partial charge >= 0.3 is 0 Å². The van der Waals surface area contributed by atoms with Crippen molar-refractivity contribution in [3.63, 3.8) is 0 Å². The Hall–Kier alpha value is -0.650. The number of hydrogen-bond acceptors (Lipinski definition) is 4. The summed E-state index contributed by atoms with van der Waals surface area (Å²) in [5.74, 6) is 0. The molecule has 1 atom stereocenters. The van der Waals surface area contributed by atoms with Crippen LogP contribution in [-0.4, -0.2) is 42.6 Å². The van der Waals surface area contributed by atoms with E-state index in [4.69, 9.17) is 21.4 Å². The third kappa shape index (κ3) is 7.79. The van der Waals surface area contributed by atoms with Gasteiger partial charge in [0.05, 0.1) is 19.3 Å². The average Bonchev–Trinajstić information content (AvgIpc) is 2.40. The Morgan fingerprint density at radius 3 is 2.71 bits per heavy atom. The van der Waals surface area contributed by atoms with Crippen molar-refractivity contribution in [1.82, 2.24) is 5.32 Å². The SMILES string of the molecule is CC(C)(CCO)CNCC(O)COCc1ccccc1Cl. The highest BCUT2D eigenvalue weighted by molar-refractivity contribution is 6.31. The lowest BCUT2D eigenvalue weighted by atomic mass is 9.90. The molecule has 0 heterocycles. The molecule has 0 aliphatic heterocycles. The molecule has 0 saturated heterocycles. The number of aliphatic hydroxyl groups is 2. The highest BCUT2D eigenvalue weighted by Crippen LogP contribution is 2.18. The Bertz CT molecular complexity index is 412. The Morgan fingerprint density at radius 1 is 1.33 bits per heavy atom. The fourth-order valence-electron chi connectivity index (χ4n) is 1.95. The predicted molar refractivity (Wildman–Crippen MR) is 85.5 cm³/mol. The van der Waals surface area contributed by atoms with Gasteiger partial charge in [0.25, 0.3) is 0 Å². The molecule has 21 heavy (non-hydrogen) atoms. The fraction of sp³-hybridized carbons (Fsp3) is 0.625. The second-order valence-corrected chi connectivity index (χ2v) is 6.44. The van der Waals surface area contributed by atoms with Crippen LogP contribution in [0, 0.1) is 5.41 Å². The van der Waals surface area contributed by atoms with Gasteiger partial charge in [-0.05, 0) is 23.5 Å². The number of aliphatic hydroxyl groups excluding tert-OH is 2. The standard InChI is InChI=1S/C16H26ClNO3/c1-16(2,7-8-19)12-18-9-14(20)11-21-10-13-5-3-4-6-15(13)17/h3-6,14,18-20H,7-12H2,1-2H3. The van der Waals surface area contributed by atoms with Crippen LogP contribution in [0.2, 0.25) is 5.02 Å². The third-order valence-electron chi connectivity index (χ3n) is 3.30. The predicted octanol–water partition coefficient (Wildman–Crippen LogP) is 2.22. The van der Waals surface area contributed by atoms with Crippen LogP contribution in [0.5, 0.6) is 0 Å². The number of hydrogen-bond donors (Lipinski definition) is 3. The molecule has 4 nitrogen and oxygen atoms in total. The zero-order chi connectivity index (χ0) is 15.7. The summed E-state index contributed by atoms with van der Waals surface area (Å²) in [6.45, 7) is 6.21. The first kappa shape index (κ1) is 18.4. The Labute approximate surface area is 132 Å². The van der Waals surface area contributed by atoms with Crippen LogP contribution in [0.1, 0.15) is 25.8 Å². The molecule has 0 aliphatic rings. The van der Waals surface area contributed by atoms with Gasteiger partial charge in [0, 0.05) is 24.7 Å². The van der Waals surface area contributed by atoms with E-state index in [2.05, 4.69) is 19.2 Å². The number of nitrogens with one attached hydrogen (secondary N) is 1. The lowest BCUT2D eigenvalue weighted by Crippen LogP contribution is -2.36. The fourth-order valence-corrected chi connectivity index (χ4v) is 2.14. The smallest absolute Gasteiger partial charge is 0.0897 e. The van der Waals surface area contributed by atoms with Gasteiger partial charge in [-0.3, -0.25) is 0 Å². The van der Waals surface area contributed by atoms with E-state index in [0.717, 1.165) is 18.5 Å². The molecule has 0 aromatic heterocycles. The average molecular weight is 316 g/mol. The highest BCUT2D eigenvalue weighted by Gasteiger charge is 2.17. The van der Waals surface area contributed by atoms with Crippen molar-refractivity contribution in [2.75, 3.05) is 26.3 Å². The van der Waals surface area contributed by atoms with Crippen LogP contribution in [0.4, 0.5) is 0 Å². The maximum Gasteiger partial charge on any atom is 0.0897 e. The highest BCUT2D eigenvalue weighted by atomic mass is 35.5. The van der Waals surface area contributed by atoms with Crippen molar-refractivity contribution in [2.45, 2.75) is 33.0 Å². The monoisotopic (exact) mass is 315 g/mol.